The van der Waals surface area contributed by atoms with Crippen molar-refractivity contribution in [1.82, 2.24) is 10.2 Å². The lowest BCUT2D eigenvalue weighted by atomic mass is 10.0. The van der Waals surface area contributed by atoms with Crippen molar-refractivity contribution in [2.24, 2.45) is 5.73 Å². The third kappa shape index (κ3) is 4.92. The van der Waals surface area contributed by atoms with Crippen molar-refractivity contribution >= 4 is 23.1 Å². The quantitative estimate of drug-likeness (QED) is 0.588. The molecule has 0 spiro atoms. The van der Waals surface area contributed by atoms with Crippen LogP contribution in [0.2, 0.25) is 0 Å². The Hall–Kier alpha value is -0.170. The van der Waals surface area contributed by atoms with Gasteiger partial charge in [-0.05, 0) is 26.7 Å². The lowest BCUT2D eigenvalue weighted by Crippen LogP contribution is -2.34. The number of rotatable bonds is 6. The van der Waals surface area contributed by atoms with Crippen molar-refractivity contribution in [3.05, 3.63) is 5.01 Å². The summed E-state index contributed by atoms with van der Waals surface area (Å²) in [6.07, 6.45) is 1.67. The molecule has 0 aliphatic rings. The molecule has 0 aromatic carbocycles. The zero-order chi connectivity index (χ0) is 11.3. The van der Waals surface area contributed by atoms with E-state index in [1.807, 2.05) is 6.92 Å². The molecule has 1 aromatic rings. The van der Waals surface area contributed by atoms with Gasteiger partial charge in [0.25, 0.3) is 0 Å². The second-order valence-electron chi connectivity index (χ2n) is 3.74. The van der Waals surface area contributed by atoms with Crippen LogP contribution in [-0.4, -0.2) is 33.2 Å². The van der Waals surface area contributed by atoms with E-state index in [0.717, 1.165) is 27.9 Å². The number of hydrogen-bond acceptors (Lipinski definition) is 6. The van der Waals surface area contributed by atoms with E-state index in [1.165, 1.54) is 0 Å². The Balaban J connectivity index is 2.17. The first-order chi connectivity index (χ1) is 7.03. The molecular weight excluding hydrogens is 230 g/mol. The minimum absolute atomic E-state index is 0.315. The molecule has 1 unspecified atom stereocenters. The molecule has 3 N–H and O–H groups in total. The van der Waals surface area contributed by atoms with Crippen LogP contribution >= 0.6 is 23.1 Å². The molecule has 0 fully saturated rings. The van der Waals surface area contributed by atoms with Crippen molar-refractivity contribution in [2.75, 3.05) is 12.3 Å². The normalized spacial score (nSPS) is 15.2. The SMILES string of the molecule is Cc1nnc(SCCCC(C)(O)CN)s1. The third-order valence-electron chi connectivity index (χ3n) is 2.03. The summed E-state index contributed by atoms with van der Waals surface area (Å²) in [6.45, 7) is 4.03. The van der Waals surface area contributed by atoms with Gasteiger partial charge in [0.15, 0.2) is 4.34 Å². The predicted octanol–water partition coefficient (Wildman–Crippen LogP) is 1.43. The second kappa shape index (κ2) is 5.79. The van der Waals surface area contributed by atoms with Crippen LogP contribution in [0, 0.1) is 6.92 Å². The Kier molecular flexibility index (Phi) is 4.98. The summed E-state index contributed by atoms with van der Waals surface area (Å²) in [5.41, 5.74) is 4.70. The molecule has 1 rings (SSSR count). The Bertz CT molecular complexity index is 301. The monoisotopic (exact) mass is 247 g/mol. The van der Waals surface area contributed by atoms with Gasteiger partial charge in [-0.25, -0.2) is 0 Å². The van der Waals surface area contributed by atoms with Crippen LogP contribution in [0.3, 0.4) is 0 Å². The summed E-state index contributed by atoms with van der Waals surface area (Å²) < 4.78 is 1.000. The molecule has 1 aromatic heterocycles. The first-order valence-electron chi connectivity index (χ1n) is 4.89. The molecular formula is C9H17N3OS2. The van der Waals surface area contributed by atoms with Crippen LogP contribution in [0.5, 0.6) is 0 Å². The van der Waals surface area contributed by atoms with Crippen LogP contribution in [-0.2, 0) is 0 Å². The zero-order valence-corrected chi connectivity index (χ0v) is 10.7. The molecule has 0 saturated heterocycles. The number of aromatic nitrogens is 2. The molecule has 0 radical (unpaired) electrons. The smallest absolute Gasteiger partial charge is 0.174 e. The van der Waals surface area contributed by atoms with Gasteiger partial charge in [-0.1, -0.05) is 23.1 Å². The average Bonchev–Trinajstić information content (AvgIpc) is 2.59. The second-order valence-corrected chi connectivity index (χ2v) is 6.26. The summed E-state index contributed by atoms with van der Waals surface area (Å²) in [5.74, 6) is 0.949. The summed E-state index contributed by atoms with van der Waals surface area (Å²) in [6, 6.07) is 0. The maximum Gasteiger partial charge on any atom is 0.174 e. The Morgan fingerprint density at radius 3 is 2.80 bits per heavy atom. The number of aryl methyl sites for hydroxylation is 1. The average molecular weight is 247 g/mol. The maximum absolute atomic E-state index is 9.66. The fourth-order valence-corrected chi connectivity index (χ4v) is 2.88. The molecule has 0 aliphatic carbocycles. The molecule has 1 atom stereocenters. The molecule has 0 saturated carbocycles. The van der Waals surface area contributed by atoms with Crippen LogP contribution in [0.25, 0.3) is 0 Å². The maximum atomic E-state index is 9.66. The number of nitrogens with zero attached hydrogens (tertiary/aromatic N) is 2. The van der Waals surface area contributed by atoms with E-state index in [9.17, 15) is 5.11 Å². The Morgan fingerprint density at radius 2 is 2.27 bits per heavy atom. The van der Waals surface area contributed by atoms with Crippen molar-refractivity contribution in [2.45, 2.75) is 36.6 Å². The van der Waals surface area contributed by atoms with Crippen molar-refractivity contribution in [3.8, 4) is 0 Å². The fraction of sp³-hybridized carbons (Fsp3) is 0.778. The third-order valence-corrected chi connectivity index (χ3v) is 4.09. The summed E-state index contributed by atoms with van der Waals surface area (Å²) in [5, 5.41) is 18.6. The number of thioether (sulfide) groups is 1. The molecule has 1 heterocycles. The van der Waals surface area contributed by atoms with E-state index in [4.69, 9.17) is 5.73 Å². The van der Waals surface area contributed by atoms with E-state index < -0.39 is 5.60 Å². The lowest BCUT2D eigenvalue weighted by molar-refractivity contribution is 0.0596. The van der Waals surface area contributed by atoms with Gasteiger partial charge in [0.1, 0.15) is 5.01 Å². The summed E-state index contributed by atoms with van der Waals surface area (Å²) in [4.78, 5) is 0. The molecule has 15 heavy (non-hydrogen) atoms. The van der Waals surface area contributed by atoms with E-state index in [2.05, 4.69) is 10.2 Å². The summed E-state index contributed by atoms with van der Waals surface area (Å²) >= 11 is 3.29. The van der Waals surface area contributed by atoms with Crippen molar-refractivity contribution in [1.29, 1.82) is 0 Å². The molecule has 6 heteroatoms. The van der Waals surface area contributed by atoms with E-state index in [0.29, 0.717) is 6.54 Å². The van der Waals surface area contributed by atoms with Crippen molar-refractivity contribution < 1.29 is 5.11 Å². The standard InChI is InChI=1S/C9H17N3OS2/c1-7-11-12-8(15-7)14-5-3-4-9(2,13)6-10/h13H,3-6,10H2,1-2H3. The lowest BCUT2D eigenvalue weighted by Gasteiger charge is -2.20. The fourth-order valence-electron chi connectivity index (χ4n) is 1.05. The Labute approximate surface area is 98.3 Å². The van der Waals surface area contributed by atoms with Gasteiger partial charge in [-0.15, -0.1) is 10.2 Å². The largest absolute Gasteiger partial charge is 0.389 e. The van der Waals surface area contributed by atoms with E-state index >= 15 is 0 Å². The highest BCUT2D eigenvalue weighted by atomic mass is 32.2. The number of hydrogen-bond donors (Lipinski definition) is 2. The van der Waals surface area contributed by atoms with Gasteiger partial charge in [-0.3, -0.25) is 0 Å². The topological polar surface area (TPSA) is 72.0 Å². The van der Waals surface area contributed by atoms with Gasteiger partial charge in [0.05, 0.1) is 5.60 Å². The van der Waals surface area contributed by atoms with Gasteiger partial charge >= 0.3 is 0 Å². The minimum atomic E-state index is -0.725. The van der Waals surface area contributed by atoms with Crippen molar-refractivity contribution in [3.63, 3.8) is 0 Å². The first kappa shape index (κ1) is 12.9. The van der Waals surface area contributed by atoms with Gasteiger partial charge in [0.2, 0.25) is 0 Å². The van der Waals surface area contributed by atoms with Crippen LogP contribution in [0.15, 0.2) is 4.34 Å². The Morgan fingerprint density at radius 1 is 1.53 bits per heavy atom. The van der Waals surface area contributed by atoms with Crippen LogP contribution in [0.4, 0.5) is 0 Å². The first-order valence-corrected chi connectivity index (χ1v) is 6.69. The van der Waals surface area contributed by atoms with Crippen LogP contribution in [0.1, 0.15) is 24.8 Å². The number of nitrogens with two attached hydrogens (primary N) is 1. The predicted molar refractivity (Wildman–Crippen MR) is 64.3 cm³/mol. The summed E-state index contributed by atoms with van der Waals surface area (Å²) in [7, 11) is 0. The zero-order valence-electron chi connectivity index (χ0n) is 9.06. The van der Waals surface area contributed by atoms with E-state index in [-0.39, 0.29) is 0 Å². The molecule has 0 amide bonds. The van der Waals surface area contributed by atoms with E-state index in [1.54, 1.807) is 30.0 Å². The van der Waals surface area contributed by atoms with Gasteiger partial charge < -0.3 is 10.8 Å². The highest BCUT2D eigenvalue weighted by molar-refractivity contribution is 8.01. The molecule has 4 nitrogen and oxygen atoms in total. The number of aliphatic hydroxyl groups is 1. The molecule has 86 valence electrons. The molecule has 0 bridgehead atoms. The highest BCUT2D eigenvalue weighted by Crippen LogP contribution is 2.23. The molecule has 0 aliphatic heterocycles. The van der Waals surface area contributed by atoms with Gasteiger partial charge in [-0.2, -0.15) is 0 Å². The van der Waals surface area contributed by atoms with Gasteiger partial charge in [0, 0.05) is 12.3 Å². The highest BCUT2D eigenvalue weighted by Gasteiger charge is 2.16. The minimum Gasteiger partial charge on any atom is -0.389 e. The van der Waals surface area contributed by atoms with Crippen LogP contribution < -0.4 is 5.73 Å².